The molecule has 0 aliphatic rings. The Morgan fingerprint density at radius 1 is 1.07 bits per heavy atom. The van der Waals surface area contributed by atoms with Gasteiger partial charge in [0.25, 0.3) is 5.91 Å². The fourth-order valence-corrected chi connectivity index (χ4v) is 4.14. The molecule has 9 heteroatoms. The molecule has 0 saturated heterocycles. The lowest BCUT2D eigenvalue weighted by Crippen LogP contribution is -2.22. The summed E-state index contributed by atoms with van der Waals surface area (Å²) in [5.74, 6) is 0.0715. The highest BCUT2D eigenvalue weighted by molar-refractivity contribution is 9.10. The average Bonchev–Trinajstić information content (AvgIpc) is 3.03. The van der Waals surface area contributed by atoms with Crippen LogP contribution in [0.25, 0.3) is 10.2 Å². The summed E-state index contributed by atoms with van der Waals surface area (Å²) in [4.78, 5) is 29.3. The van der Waals surface area contributed by atoms with E-state index in [9.17, 15) is 9.59 Å². The summed E-state index contributed by atoms with van der Waals surface area (Å²) in [6, 6.07) is 10.5. The third kappa shape index (κ3) is 4.26. The van der Waals surface area contributed by atoms with Gasteiger partial charge in [-0.05, 0) is 30.3 Å². The number of aromatic nitrogens is 1. The lowest BCUT2D eigenvalue weighted by atomic mass is 10.2. The average molecular weight is 465 g/mol. The van der Waals surface area contributed by atoms with Gasteiger partial charge in [-0.25, -0.2) is 0 Å². The Morgan fingerprint density at radius 2 is 1.75 bits per heavy atom. The molecule has 0 spiro atoms. The molecule has 3 aromatic rings. The smallest absolute Gasteiger partial charge is 0.325 e. The van der Waals surface area contributed by atoms with Gasteiger partial charge in [-0.3, -0.25) is 9.59 Å². The topological polar surface area (TPSA) is 79.1 Å². The number of fused-ring (bicyclic) bond motifs is 1. The molecule has 0 atom stereocenters. The van der Waals surface area contributed by atoms with E-state index in [1.165, 1.54) is 32.7 Å². The van der Waals surface area contributed by atoms with Crippen molar-refractivity contribution >= 4 is 49.4 Å². The van der Waals surface area contributed by atoms with E-state index in [2.05, 4.69) is 20.9 Å². The molecule has 0 N–H and O–H groups in total. The van der Waals surface area contributed by atoms with Crippen LogP contribution in [0.2, 0.25) is 0 Å². The van der Waals surface area contributed by atoms with Crippen molar-refractivity contribution in [3.8, 4) is 11.5 Å². The van der Waals surface area contributed by atoms with Crippen LogP contribution in [-0.4, -0.2) is 37.8 Å². The molecule has 0 radical (unpaired) electrons. The molecule has 0 aliphatic heterocycles. The number of benzene rings is 2. The van der Waals surface area contributed by atoms with Gasteiger partial charge >= 0.3 is 5.97 Å². The number of amides is 1. The highest BCUT2D eigenvalue weighted by atomic mass is 79.9. The summed E-state index contributed by atoms with van der Waals surface area (Å²) in [6.45, 7) is -0.0499. The van der Waals surface area contributed by atoms with E-state index in [-0.39, 0.29) is 6.54 Å². The van der Waals surface area contributed by atoms with Crippen molar-refractivity contribution in [1.82, 2.24) is 4.57 Å². The summed E-state index contributed by atoms with van der Waals surface area (Å²) in [5.41, 5.74) is 1.10. The number of rotatable bonds is 5. The normalized spacial score (nSPS) is 11.5. The molecule has 0 fully saturated rings. The summed E-state index contributed by atoms with van der Waals surface area (Å²) >= 11 is 4.74. The van der Waals surface area contributed by atoms with Gasteiger partial charge in [0.05, 0.1) is 31.5 Å². The molecule has 28 heavy (non-hydrogen) atoms. The molecule has 1 aromatic heterocycles. The molecule has 146 valence electrons. The molecule has 1 amide bonds. The minimum absolute atomic E-state index is 0.0499. The molecular formula is C19H17BrN2O5S. The van der Waals surface area contributed by atoms with Crippen LogP contribution in [0.4, 0.5) is 0 Å². The van der Waals surface area contributed by atoms with Gasteiger partial charge in [-0.2, -0.15) is 4.99 Å². The summed E-state index contributed by atoms with van der Waals surface area (Å²) in [6.07, 6.45) is 0. The number of hydrogen-bond donors (Lipinski definition) is 0. The minimum Gasteiger partial charge on any atom is -0.497 e. The van der Waals surface area contributed by atoms with Crippen molar-refractivity contribution < 1.29 is 23.8 Å². The van der Waals surface area contributed by atoms with Gasteiger partial charge < -0.3 is 18.8 Å². The SMILES string of the molecule is COC(=O)Cn1c(=NC(=O)c2cc(OC)cc(OC)c2)sc2cc(Br)ccc21. The van der Waals surface area contributed by atoms with E-state index in [4.69, 9.17) is 14.2 Å². The van der Waals surface area contributed by atoms with Crippen LogP contribution in [-0.2, 0) is 16.1 Å². The molecule has 0 unspecified atom stereocenters. The van der Waals surface area contributed by atoms with Crippen LogP contribution in [0.1, 0.15) is 10.4 Å². The van der Waals surface area contributed by atoms with Crippen LogP contribution >= 0.6 is 27.3 Å². The number of halogens is 1. The maximum Gasteiger partial charge on any atom is 0.325 e. The molecule has 0 saturated carbocycles. The first-order valence-electron chi connectivity index (χ1n) is 8.13. The first-order chi connectivity index (χ1) is 13.4. The number of ether oxygens (including phenoxy) is 3. The van der Waals surface area contributed by atoms with Gasteiger partial charge in [0.2, 0.25) is 0 Å². The van der Waals surface area contributed by atoms with Crippen molar-refractivity contribution in [2.75, 3.05) is 21.3 Å². The van der Waals surface area contributed by atoms with Crippen molar-refractivity contribution in [2.45, 2.75) is 6.54 Å². The number of nitrogens with zero attached hydrogens (tertiary/aromatic N) is 2. The van der Waals surface area contributed by atoms with Gasteiger partial charge in [0, 0.05) is 16.1 Å². The maximum absolute atomic E-state index is 12.8. The molecule has 1 heterocycles. The van der Waals surface area contributed by atoms with Crippen LogP contribution in [0.3, 0.4) is 0 Å². The molecule has 0 bridgehead atoms. The van der Waals surface area contributed by atoms with E-state index >= 15 is 0 Å². The number of carbonyl (C=O) groups excluding carboxylic acids is 2. The Hall–Kier alpha value is -2.65. The summed E-state index contributed by atoms with van der Waals surface area (Å²) in [5, 5.41) is 0. The zero-order chi connectivity index (χ0) is 20.3. The van der Waals surface area contributed by atoms with Crippen molar-refractivity contribution in [3.05, 3.63) is 51.2 Å². The number of hydrogen-bond acceptors (Lipinski definition) is 6. The zero-order valence-electron chi connectivity index (χ0n) is 15.4. The molecule has 2 aromatic carbocycles. The predicted molar refractivity (Wildman–Crippen MR) is 109 cm³/mol. The fourth-order valence-electron chi connectivity index (χ4n) is 2.56. The third-order valence-electron chi connectivity index (χ3n) is 3.96. The van der Waals surface area contributed by atoms with Crippen molar-refractivity contribution in [1.29, 1.82) is 0 Å². The van der Waals surface area contributed by atoms with Gasteiger partial charge in [-0.1, -0.05) is 27.3 Å². The molecule has 3 rings (SSSR count). The third-order valence-corrected chi connectivity index (χ3v) is 5.49. The Balaban J connectivity index is 2.13. The molecule has 0 aliphatic carbocycles. The second kappa shape index (κ2) is 8.57. The highest BCUT2D eigenvalue weighted by Crippen LogP contribution is 2.24. The van der Waals surface area contributed by atoms with E-state index < -0.39 is 11.9 Å². The standard InChI is InChI=1S/C19H17BrN2O5S/c1-25-13-6-11(7-14(9-13)26-2)18(24)21-19-22(10-17(23)27-3)15-5-4-12(20)8-16(15)28-19/h4-9H,10H2,1-3H3. The second-order valence-electron chi connectivity index (χ2n) is 5.68. The van der Waals surface area contributed by atoms with Crippen LogP contribution < -0.4 is 14.3 Å². The van der Waals surface area contributed by atoms with Crippen molar-refractivity contribution in [3.63, 3.8) is 0 Å². The number of esters is 1. The van der Waals surface area contributed by atoms with Crippen LogP contribution in [0.5, 0.6) is 11.5 Å². The maximum atomic E-state index is 12.8. The molecular weight excluding hydrogens is 448 g/mol. The Morgan fingerprint density at radius 3 is 2.36 bits per heavy atom. The molecule has 7 nitrogen and oxygen atoms in total. The second-order valence-corrected chi connectivity index (χ2v) is 7.60. The minimum atomic E-state index is -0.471. The van der Waals surface area contributed by atoms with Gasteiger partial charge in [-0.15, -0.1) is 0 Å². The monoisotopic (exact) mass is 464 g/mol. The number of carbonyl (C=O) groups is 2. The lowest BCUT2D eigenvalue weighted by molar-refractivity contribution is -0.141. The lowest BCUT2D eigenvalue weighted by Gasteiger charge is -2.06. The number of methoxy groups -OCH3 is 3. The van der Waals surface area contributed by atoms with Gasteiger partial charge in [0.15, 0.2) is 4.80 Å². The van der Waals surface area contributed by atoms with E-state index in [0.717, 1.165) is 14.7 Å². The highest BCUT2D eigenvalue weighted by Gasteiger charge is 2.14. The summed E-state index contributed by atoms with van der Waals surface area (Å²) in [7, 11) is 4.33. The van der Waals surface area contributed by atoms with E-state index in [0.29, 0.717) is 21.9 Å². The fraction of sp³-hybridized carbons (Fsp3) is 0.211. The largest absolute Gasteiger partial charge is 0.497 e. The zero-order valence-corrected chi connectivity index (χ0v) is 17.8. The number of thiazole rings is 1. The predicted octanol–water partition coefficient (Wildman–Crippen LogP) is 3.40. The Bertz CT molecular complexity index is 1100. The quantitative estimate of drug-likeness (QED) is 0.540. The van der Waals surface area contributed by atoms with Gasteiger partial charge in [0.1, 0.15) is 18.0 Å². The van der Waals surface area contributed by atoms with Crippen LogP contribution in [0.15, 0.2) is 45.9 Å². The first kappa shape index (κ1) is 20.1. The first-order valence-corrected chi connectivity index (χ1v) is 9.74. The van der Waals surface area contributed by atoms with Crippen molar-refractivity contribution in [2.24, 2.45) is 4.99 Å². The van der Waals surface area contributed by atoms with E-state index in [1.54, 1.807) is 22.8 Å². The Labute approximate surface area is 173 Å². The summed E-state index contributed by atoms with van der Waals surface area (Å²) < 4.78 is 18.6. The van der Waals surface area contributed by atoms with E-state index in [1.807, 2.05) is 18.2 Å². The Kier molecular flexibility index (Phi) is 6.15. The van der Waals surface area contributed by atoms with Crippen LogP contribution in [0, 0.1) is 0 Å².